The summed E-state index contributed by atoms with van der Waals surface area (Å²) < 4.78 is 5.78. The summed E-state index contributed by atoms with van der Waals surface area (Å²) in [7, 11) is 1.26. The van der Waals surface area contributed by atoms with Gasteiger partial charge in [0.25, 0.3) is 11.5 Å². The molecule has 0 aliphatic heterocycles. The van der Waals surface area contributed by atoms with Crippen LogP contribution in [0.5, 0.6) is 0 Å². The highest BCUT2D eigenvalue weighted by Gasteiger charge is 2.15. The van der Waals surface area contributed by atoms with Crippen LogP contribution >= 0.6 is 11.3 Å². The molecule has 0 radical (unpaired) electrons. The SMILES string of the molecule is COC(=O)c1cn(NC(=O)C=Cc2sccc2C)c(=O)c2ccccc12. The highest BCUT2D eigenvalue weighted by molar-refractivity contribution is 7.11. The monoisotopic (exact) mass is 368 g/mol. The number of rotatable bonds is 4. The van der Waals surface area contributed by atoms with Gasteiger partial charge in [0.2, 0.25) is 0 Å². The molecular formula is C19H16N2O4S. The van der Waals surface area contributed by atoms with Gasteiger partial charge in [-0.15, -0.1) is 11.3 Å². The Balaban J connectivity index is 1.97. The van der Waals surface area contributed by atoms with Crippen LogP contribution in [0.25, 0.3) is 16.8 Å². The fourth-order valence-electron chi connectivity index (χ4n) is 2.51. The molecule has 26 heavy (non-hydrogen) atoms. The number of hydrogen-bond donors (Lipinski definition) is 1. The third-order valence-electron chi connectivity index (χ3n) is 3.85. The number of benzene rings is 1. The molecular weight excluding hydrogens is 352 g/mol. The van der Waals surface area contributed by atoms with Crippen LogP contribution in [0.2, 0.25) is 0 Å². The van der Waals surface area contributed by atoms with E-state index in [4.69, 9.17) is 4.74 Å². The predicted molar refractivity (Wildman–Crippen MR) is 102 cm³/mol. The van der Waals surface area contributed by atoms with Gasteiger partial charge in [0, 0.05) is 27.9 Å². The number of ether oxygens (including phenoxy) is 1. The van der Waals surface area contributed by atoms with Gasteiger partial charge < -0.3 is 4.74 Å². The lowest BCUT2D eigenvalue weighted by molar-refractivity contribution is -0.112. The van der Waals surface area contributed by atoms with Gasteiger partial charge in [0.05, 0.1) is 12.7 Å². The number of amides is 1. The Labute approximate surface area is 153 Å². The maximum Gasteiger partial charge on any atom is 0.340 e. The second-order valence-corrected chi connectivity index (χ2v) is 6.48. The molecule has 0 aliphatic carbocycles. The fourth-order valence-corrected chi connectivity index (χ4v) is 3.33. The van der Waals surface area contributed by atoms with Crippen LogP contribution in [0, 0.1) is 6.92 Å². The Hall–Kier alpha value is -3.19. The summed E-state index contributed by atoms with van der Waals surface area (Å²) in [5.41, 5.74) is 3.31. The number of fused-ring (bicyclic) bond motifs is 1. The van der Waals surface area contributed by atoms with E-state index in [0.717, 1.165) is 15.1 Å². The molecule has 0 spiro atoms. The van der Waals surface area contributed by atoms with Gasteiger partial charge in [0.15, 0.2) is 0 Å². The number of aromatic nitrogens is 1. The first-order valence-electron chi connectivity index (χ1n) is 7.77. The molecule has 0 unspecified atom stereocenters. The van der Waals surface area contributed by atoms with E-state index in [1.54, 1.807) is 30.3 Å². The Morgan fingerprint density at radius 3 is 2.58 bits per heavy atom. The van der Waals surface area contributed by atoms with Crippen molar-refractivity contribution in [3.05, 3.63) is 74.3 Å². The topological polar surface area (TPSA) is 77.4 Å². The van der Waals surface area contributed by atoms with Gasteiger partial charge in [-0.05, 0) is 36.1 Å². The summed E-state index contributed by atoms with van der Waals surface area (Å²) in [4.78, 5) is 37.8. The molecule has 2 aromatic heterocycles. The van der Waals surface area contributed by atoms with E-state index in [1.807, 2.05) is 18.4 Å². The summed E-state index contributed by atoms with van der Waals surface area (Å²) in [6.45, 7) is 1.95. The molecule has 132 valence electrons. The van der Waals surface area contributed by atoms with Crippen LogP contribution in [0.1, 0.15) is 20.8 Å². The molecule has 2 heterocycles. The summed E-state index contributed by atoms with van der Waals surface area (Å²) in [6.07, 6.45) is 4.31. The van der Waals surface area contributed by atoms with Crippen LogP contribution in [0.3, 0.4) is 0 Å². The largest absolute Gasteiger partial charge is 0.465 e. The summed E-state index contributed by atoms with van der Waals surface area (Å²) in [5.74, 6) is -1.07. The molecule has 0 fully saturated rings. The van der Waals surface area contributed by atoms with Gasteiger partial charge in [-0.3, -0.25) is 15.0 Å². The van der Waals surface area contributed by atoms with Crippen molar-refractivity contribution in [3.8, 4) is 0 Å². The molecule has 0 atom stereocenters. The van der Waals surface area contributed by atoms with E-state index in [1.165, 1.54) is 30.7 Å². The molecule has 0 aliphatic rings. The Morgan fingerprint density at radius 1 is 1.19 bits per heavy atom. The zero-order valence-electron chi connectivity index (χ0n) is 14.2. The zero-order valence-corrected chi connectivity index (χ0v) is 15.0. The Morgan fingerprint density at radius 2 is 1.92 bits per heavy atom. The van der Waals surface area contributed by atoms with E-state index >= 15 is 0 Å². The van der Waals surface area contributed by atoms with E-state index in [-0.39, 0.29) is 5.56 Å². The molecule has 1 aromatic carbocycles. The molecule has 1 N–H and O–H groups in total. The second kappa shape index (κ2) is 7.37. The number of thiophene rings is 1. The average molecular weight is 368 g/mol. The lowest BCUT2D eigenvalue weighted by Crippen LogP contribution is -2.33. The lowest BCUT2D eigenvalue weighted by Gasteiger charge is -2.11. The highest BCUT2D eigenvalue weighted by Crippen LogP contribution is 2.17. The maximum atomic E-state index is 12.6. The van der Waals surface area contributed by atoms with E-state index in [9.17, 15) is 14.4 Å². The van der Waals surface area contributed by atoms with Crippen LogP contribution in [-0.2, 0) is 9.53 Å². The molecule has 7 heteroatoms. The van der Waals surface area contributed by atoms with Crippen molar-refractivity contribution in [1.29, 1.82) is 0 Å². The number of hydrogen-bond acceptors (Lipinski definition) is 5. The smallest absolute Gasteiger partial charge is 0.340 e. The second-order valence-electron chi connectivity index (χ2n) is 5.53. The summed E-state index contributed by atoms with van der Waals surface area (Å²) >= 11 is 1.52. The number of nitrogens with one attached hydrogen (secondary N) is 1. The zero-order chi connectivity index (χ0) is 18.7. The number of carbonyl (C=O) groups is 2. The molecule has 0 saturated carbocycles. The number of esters is 1. The number of carbonyl (C=O) groups excluding carboxylic acids is 2. The van der Waals surface area contributed by atoms with Gasteiger partial charge in [-0.1, -0.05) is 18.2 Å². The summed E-state index contributed by atoms with van der Waals surface area (Å²) in [6, 6.07) is 8.63. The van der Waals surface area contributed by atoms with Crippen molar-refractivity contribution in [1.82, 2.24) is 4.68 Å². The minimum absolute atomic E-state index is 0.195. The first kappa shape index (κ1) is 17.6. The molecule has 3 aromatic rings. The highest BCUT2D eigenvalue weighted by atomic mass is 32.1. The van der Waals surface area contributed by atoms with E-state index in [0.29, 0.717) is 10.8 Å². The van der Waals surface area contributed by atoms with E-state index < -0.39 is 17.4 Å². The fraction of sp³-hybridized carbons (Fsp3) is 0.105. The van der Waals surface area contributed by atoms with Crippen molar-refractivity contribution in [2.45, 2.75) is 6.92 Å². The molecule has 3 rings (SSSR count). The number of nitrogens with zero attached hydrogens (tertiary/aromatic N) is 1. The average Bonchev–Trinajstić information content (AvgIpc) is 3.06. The molecule has 0 saturated heterocycles. The van der Waals surface area contributed by atoms with Crippen LogP contribution in [0.4, 0.5) is 0 Å². The van der Waals surface area contributed by atoms with Gasteiger partial charge >= 0.3 is 5.97 Å². The number of pyridine rings is 1. The molecule has 1 amide bonds. The van der Waals surface area contributed by atoms with Crippen molar-refractivity contribution in [2.24, 2.45) is 0 Å². The van der Waals surface area contributed by atoms with Crippen molar-refractivity contribution in [3.63, 3.8) is 0 Å². The van der Waals surface area contributed by atoms with Crippen LogP contribution in [-0.4, -0.2) is 23.7 Å². The van der Waals surface area contributed by atoms with Gasteiger partial charge in [0.1, 0.15) is 0 Å². The van der Waals surface area contributed by atoms with Crippen molar-refractivity contribution in [2.75, 3.05) is 12.5 Å². The maximum absolute atomic E-state index is 12.6. The first-order valence-corrected chi connectivity index (χ1v) is 8.65. The quantitative estimate of drug-likeness (QED) is 0.567. The predicted octanol–water partition coefficient (Wildman–Crippen LogP) is 2.94. The third-order valence-corrected chi connectivity index (χ3v) is 4.83. The minimum Gasteiger partial charge on any atom is -0.465 e. The number of aryl methyl sites for hydroxylation is 1. The van der Waals surface area contributed by atoms with E-state index in [2.05, 4.69) is 5.43 Å². The standard InChI is InChI=1S/C19H16N2O4S/c1-12-9-10-26-16(12)7-8-17(22)20-21-11-15(19(24)25-2)13-5-3-4-6-14(13)18(21)23/h3-11H,1-2H3,(H,20,22). The molecule has 0 bridgehead atoms. The van der Waals surface area contributed by atoms with Crippen molar-refractivity contribution < 1.29 is 14.3 Å². The third kappa shape index (κ3) is 3.43. The van der Waals surface area contributed by atoms with Crippen LogP contribution < -0.4 is 11.0 Å². The van der Waals surface area contributed by atoms with Crippen LogP contribution in [0.15, 0.2) is 52.8 Å². The first-order chi connectivity index (χ1) is 12.5. The normalized spacial score (nSPS) is 11.0. The number of methoxy groups -OCH3 is 1. The van der Waals surface area contributed by atoms with Crippen molar-refractivity contribution >= 4 is 40.1 Å². The minimum atomic E-state index is -0.589. The summed E-state index contributed by atoms with van der Waals surface area (Å²) in [5, 5.41) is 2.72. The van der Waals surface area contributed by atoms with Gasteiger partial charge in [-0.2, -0.15) is 0 Å². The molecule has 6 nitrogen and oxygen atoms in total. The van der Waals surface area contributed by atoms with Gasteiger partial charge in [-0.25, -0.2) is 9.47 Å². The Kier molecular flexibility index (Phi) is 4.99. The lowest BCUT2D eigenvalue weighted by atomic mass is 10.1. The Bertz CT molecular complexity index is 1080.